The van der Waals surface area contributed by atoms with Crippen LogP contribution in [0.25, 0.3) is 0 Å². The van der Waals surface area contributed by atoms with Crippen LogP contribution in [0, 0.1) is 0 Å². The maximum absolute atomic E-state index is 12.0. The van der Waals surface area contributed by atoms with E-state index in [9.17, 15) is 4.79 Å². The SMILES string of the molecule is CC1CC(NC(=O)C2CCCCS2)CCN1. The molecule has 0 saturated carbocycles. The highest BCUT2D eigenvalue weighted by atomic mass is 32.2. The molecule has 2 saturated heterocycles. The van der Waals surface area contributed by atoms with E-state index in [0.29, 0.717) is 12.1 Å². The minimum atomic E-state index is 0.221. The second kappa shape index (κ2) is 5.92. The molecular weight excluding hydrogens is 220 g/mol. The lowest BCUT2D eigenvalue weighted by Crippen LogP contribution is -2.48. The van der Waals surface area contributed by atoms with Crippen molar-refractivity contribution in [1.82, 2.24) is 10.6 Å². The third-order valence-corrected chi connectivity index (χ3v) is 4.82. The molecule has 4 heteroatoms. The largest absolute Gasteiger partial charge is 0.352 e. The number of amides is 1. The van der Waals surface area contributed by atoms with Crippen molar-refractivity contribution in [2.24, 2.45) is 0 Å². The molecule has 0 aromatic rings. The Morgan fingerprint density at radius 3 is 2.94 bits per heavy atom. The summed E-state index contributed by atoms with van der Waals surface area (Å²) in [6.45, 7) is 3.22. The third-order valence-electron chi connectivity index (χ3n) is 3.44. The smallest absolute Gasteiger partial charge is 0.233 e. The Labute approximate surface area is 102 Å². The normalized spacial score (nSPS) is 35.7. The van der Waals surface area contributed by atoms with E-state index in [1.165, 1.54) is 12.8 Å². The second-order valence-corrected chi connectivity index (χ2v) is 6.25. The summed E-state index contributed by atoms with van der Waals surface area (Å²) in [4.78, 5) is 12.0. The van der Waals surface area contributed by atoms with Crippen LogP contribution in [-0.4, -0.2) is 35.5 Å². The van der Waals surface area contributed by atoms with E-state index >= 15 is 0 Å². The molecule has 0 aliphatic carbocycles. The van der Waals surface area contributed by atoms with Crippen LogP contribution in [0.15, 0.2) is 0 Å². The van der Waals surface area contributed by atoms with Gasteiger partial charge in [-0.15, -0.1) is 11.8 Å². The summed E-state index contributed by atoms with van der Waals surface area (Å²) in [5, 5.41) is 6.85. The topological polar surface area (TPSA) is 41.1 Å². The molecule has 2 N–H and O–H groups in total. The van der Waals surface area contributed by atoms with Crippen molar-refractivity contribution < 1.29 is 4.79 Å². The second-order valence-electron chi connectivity index (χ2n) is 4.94. The van der Waals surface area contributed by atoms with E-state index in [4.69, 9.17) is 0 Å². The molecule has 16 heavy (non-hydrogen) atoms. The Balaban J connectivity index is 1.77. The summed E-state index contributed by atoms with van der Waals surface area (Å²) < 4.78 is 0. The highest BCUT2D eigenvalue weighted by molar-refractivity contribution is 8.00. The monoisotopic (exact) mass is 242 g/mol. The molecule has 3 nitrogen and oxygen atoms in total. The van der Waals surface area contributed by atoms with E-state index in [1.807, 2.05) is 11.8 Å². The Hall–Kier alpha value is -0.220. The van der Waals surface area contributed by atoms with Crippen LogP contribution in [0.5, 0.6) is 0 Å². The van der Waals surface area contributed by atoms with Crippen LogP contribution in [0.2, 0.25) is 0 Å². The van der Waals surface area contributed by atoms with Gasteiger partial charge in [0, 0.05) is 12.1 Å². The fourth-order valence-electron chi connectivity index (χ4n) is 2.50. The summed E-state index contributed by atoms with van der Waals surface area (Å²) in [6.07, 6.45) is 5.71. The number of hydrogen-bond donors (Lipinski definition) is 2. The molecule has 0 bridgehead atoms. The fourth-order valence-corrected chi connectivity index (χ4v) is 3.71. The molecule has 3 unspecified atom stereocenters. The first-order valence-corrected chi connectivity index (χ1v) is 7.46. The Morgan fingerprint density at radius 1 is 1.38 bits per heavy atom. The van der Waals surface area contributed by atoms with Gasteiger partial charge in [-0.05, 0) is 44.9 Å². The van der Waals surface area contributed by atoms with Crippen molar-refractivity contribution in [2.45, 2.75) is 56.4 Å². The summed E-state index contributed by atoms with van der Waals surface area (Å²) >= 11 is 1.83. The zero-order chi connectivity index (χ0) is 11.4. The zero-order valence-electron chi connectivity index (χ0n) is 10.00. The van der Waals surface area contributed by atoms with Crippen molar-refractivity contribution in [1.29, 1.82) is 0 Å². The van der Waals surface area contributed by atoms with E-state index in [0.717, 1.165) is 31.6 Å². The summed E-state index contributed by atoms with van der Waals surface area (Å²) in [5.74, 6) is 1.43. The number of thioether (sulfide) groups is 1. The zero-order valence-corrected chi connectivity index (χ0v) is 10.8. The Morgan fingerprint density at radius 2 is 2.25 bits per heavy atom. The van der Waals surface area contributed by atoms with Crippen LogP contribution < -0.4 is 10.6 Å². The number of rotatable bonds is 2. The average molecular weight is 242 g/mol. The lowest BCUT2D eigenvalue weighted by Gasteiger charge is -2.30. The molecule has 2 fully saturated rings. The number of hydrogen-bond acceptors (Lipinski definition) is 3. The van der Waals surface area contributed by atoms with Gasteiger partial charge in [0.25, 0.3) is 0 Å². The molecule has 2 aliphatic rings. The van der Waals surface area contributed by atoms with Gasteiger partial charge in [0.05, 0.1) is 5.25 Å². The van der Waals surface area contributed by atoms with Crippen molar-refractivity contribution in [3.8, 4) is 0 Å². The molecule has 2 aliphatic heterocycles. The van der Waals surface area contributed by atoms with Crippen molar-refractivity contribution >= 4 is 17.7 Å². The van der Waals surface area contributed by atoms with E-state index in [-0.39, 0.29) is 11.2 Å². The number of piperidine rings is 1. The number of nitrogens with one attached hydrogen (secondary N) is 2. The number of carbonyl (C=O) groups is 1. The minimum Gasteiger partial charge on any atom is -0.352 e. The van der Waals surface area contributed by atoms with Gasteiger partial charge in [0.15, 0.2) is 0 Å². The molecule has 92 valence electrons. The molecule has 0 radical (unpaired) electrons. The molecule has 2 rings (SSSR count). The van der Waals surface area contributed by atoms with Gasteiger partial charge in [-0.3, -0.25) is 4.79 Å². The molecule has 3 atom stereocenters. The first-order valence-electron chi connectivity index (χ1n) is 6.41. The molecule has 0 spiro atoms. The third kappa shape index (κ3) is 3.39. The van der Waals surface area contributed by atoms with Crippen LogP contribution in [0.3, 0.4) is 0 Å². The van der Waals surface area contributed by atoms with Crippen molar-refractivity contribution in [2.75, 3.05) is 12.3 Å². The first kappa shape index (κ1) is 12.2. The van der Waals surface area contributed by atoms with Crippen LogP contribution >= 0.6 is 11.8 Å². The van der Waals surface area contributed by atoms with Gasteiger partial charge in [-0.2, -0.15) is 0 Å². The minimum absolute atomic E-state index is 0.221. The van der Waals surface area contributed by atoms with Gasteiger partial charge in [0.1, 0.15) is 0 Å². The first-order chi connectivity index (χ1) is 7.75. The maximum Gasteiger partial charge on any atom is 0.233 e. The Kier molecular flexibility index (Phi) is 4.53. The standard InChI is InChI=1S/C12H22N2OS/c1-9-8-10(5-6-13-9)14-12(15)11-4-2-3-7-16-11/h9-11,13H,2-8H2,1H3,(H,14,15). The quantitative estimate of drug-likeness (QED) is 0.771. The van der Waals surface area contributed by atoms with Crippen LogP contribution in [0.4, 0.5) is 0 Å². The van der Waals surface area contributed by atoms with Crippen LogP contribution in [0.1, 0.15) is 39.0 Å². The summed E-state index contributed by atoms with van der Waals surface area (Å²) in [7, 11) is 0. The van der Waals surface area contributed by atoms with Crippen LogP contribution in [-0.2, 0) is 4.79 Å². The van der Waals surface area contributed by atoms with Gasteiger partial charge >= 0.3 is 0 Å². The molecule has 0 aromatic carbocycles. The Bertz CT molecular complexity index is 241. The van der Waals surface area contributed by atoms with E-state index in [1.54, 1.807) is 0 Å². The van der Waals surface area contributed by atoms with E-state index in [2.05, 4.69) is 17.6 Å². The fraction of sp³-hybridized carbons (Fsp3) is 0.917. The predicted octanol–water partition coefficient (Wildman–Crippen LogP) is 1.53. The maximum atomic E-state index is 12.0. The molecule has 1 amide bonds. The van der Waals surface area contributed by atoms with Gasteiger partial charge in [0.2, 0.25) is 5.91 Å². The summed E-state index contributed by atoms with van der Waals surface area (Å²) in [6, 6.07) is 0.935. The van der Waals surface area contributed by atoms with Gasteiger partial charge in [-0.25, -0.2) is 0 Å². The van der Waals surface area contributed by atoms with Crippen molar-refractivity contribution in [3.05, 3.63) is 0 Å². The molecular formula is C12H22N2OS. The number of carbonyl (C=O) groups excluding carboxylic acids is 1. The molecule has 0 aromatic heterocycles. The highest BCUT2D eigenvalue weighted by Gasteiger charge is 2.25. The molecule has 2 heterocycles. The van der Waals surface area contributed by atoms with Crippen molar-refractivity contribution in [3.63, 3.8) is 0 Å². The highest BCUT2D eigenvalue weighted by Crippen LogP contribution is 2.25. The van der Waals surface area contributed by atoms with Gasteiger partial charge in [-0.1, -0.05) is 6.42 Å². The van der Waals surface area contributed by atoms with Gasteiger partial charge < -0.3 is 10.6 Å². The van der Waals surface area contributed by atoms with E-state index < -0.39 is 0 Å². The predicted molar refractivity (Wildman–Crippen MR) is 68.7 cm³/mol. The lowest BCUT2D eigenvalue weighted by atomic mass is 10.0. The summed E-state index contributed by atoms with van der Waals surface area (Å²) in [5.41, 5.74) is 0. The average Bonchev–Trinajstić information content (AvgIpc) is 2.30. The lowest BCUT2D eigenvalue weighted by molar-refractivity contribution is -0.121.